The van der Waals surface area contributed by atoms with E-state index in [-0.39, 0.29) is 0 Å². The molecule has 1 aliphatic carbocycles. The van der Waals surface area contributed by atoms with E-state index in [0.29, 0.717) is 11.3 Å². The van der Waals surface area contributed by atoms with Crippen molar-refractivity contribution in [1.29, 1.82) is 0 Å². The molecule has 0 aliphatic heterocycles. The summed E-state index contributed by atoms with van der Waals surface area (Å²) in [6.07, 6.45) is 6.55. The molecule has 0 saturated heterocycles. The molecular formula is C17H26N2O2. The molecule has 1 aromatic rings. The van der Waals surface area contributed by atoms with Gasteiger partial charge in [-0.15, -0.1) is 0 Å². The minimum Gasteiger partial charge on any atom is -0.465 e. The summed E-state index contributed by atoms with van der Waals surface area (Å²) in [5, 5.41) is 3.36. The van der Waals surface area contributed by atoms with E-state index in [1.165, 1.54) is 32.8 Å². The van der Waals surface area contributed by atoms with Gasteiger partial charge in [0.05, 0.1) is 24.0 Å². The summed E-state index contributed by atoms with van der Waals surface area (Å²) < 4.78 is 4.74. The lowest BCUT2D eigenvalue weighted by atomic mass is 9.81. The Kier molecular flexibility index (Phi) is 5.48. The van der Waals surface area contributed by atoms with E-state index in [2.05, 4.69) is 12.2 Å². The van der Waals surface area contributed by atoms with Crippen LogP contribution in [0.4, 0.5) is 11.4 Å². The SMILES string of the molecule is COC(=O)c1cccc(NCCC2CCCC(C)C2)c1N. The summed E-state index contributed by atoms with van der Waals surface area (Å²) in [5.41, 5.74) is 7.76. The number of esters is 1. The number of ether oxygens (including phenoxy) is 1. The fourth-order valence-corrected chi connectivity index (χ4v) is 3.24. The molecule has 0 heterocycles. The zero-order valence-electron chi connectivity index (χ0n) is 13.0. The first-order chi connectivity index (χ1) is 10.1. The van der Waals surface area contributed by atoms with Gasteiger partial charge in [-0.25, -0.2) is 4.79 Å². The molecular weight excluding hydrogens is 264 g/mol. The highest BCUT2D eigenvalue weighted by atomic mass is 16.5. The number of nitrogens with two attached hydrogens (primary N) is 1. The van der Waals surface area contributed by atoms with Crippen LogP contribution in [0.15, 0.2) is 18.2 Å². The lowest BCUT2D eigenvalue weighted by molar-refractivity contribution is 0.0602. The van der Waals surface area contributed by atoms with Gasteiger partial charge in [0, 0.05) is 6.54 Å². The Balaban J connectivity index is 1.90. The summed E-state index contributed by atoms with van der Waals surface area (Å²) in [6.45, 7) is 3.24. The van der Waals surface area contributed by atoms with Crippen molar-refractivity contribution in [2.24, 2.45) is 11.8 Å². The number of hydrogen-bond donors (Lipinski definition) is 2. The summed E-state index contributed by atoms with van der Waals surface area (Å²) in [5.74, 6) is 1.28. The average molecular weight is 290 g/mol. The Morgan fingerprint density at radius 3 is 2.95 bits per heavy atom. The van der Waals surface area contributed by atoms with Gasteiger partial charge in [0.15, 0.2) is 0 Å². The van der Waals surface area contributed by atoms with E-state index < -0.39 is 5.97 Å². The monoisotopic (exact) mass is 290 g/mol. The van der Waals surface area contributed by atoms with Crippen LogP contribution >= 0.6 is 0 Å². The number of nitrogen functional groups attached to an aromatic ring is 1. The maximum Gasteiger partial charge on any atom is 0.340 e. The number of para-hydroxylation sites is 1. The third kappa shape index (κ3) is 4.13. The first-order valence-corrected chi connectivity index (χ1v) is 7.82. The summed E-state index contributed by atoms with van der Waals surface area (Å²) in [6, 6.07) is 5.42. The van der Waals surface area contributed by atoms with Crippen molar-refractivity contribution in [3.05, 3.63) is 23.8 Å². The number of carbonyl (C=O) groups excluding carboxylic acids is 1. The third-order valence-electron chi connectivity index (χ3n) is 4.42. The predicted octanol–water partition coefficient (Wildman–Crippen LogP) is 3.68. The molecule has 0 aromatic heterocycles. The molecule has 0 bridgehead atoms. The number of nitrogens with one attached hydrogen (secondary N) is 1. The van der Waals surface area contributed by atoms with Crippen LogP contribution in [-0.2, 0) is 4.74 Å². The van der Waals surface area contributed by atoms with Crippen LogP contribution in [0.3, 0.4) is 0 Å². The number of benzene rings is 1. The van der Waals surface area contributed by atoms with Crippen molar-refractivity contribution >= 4 is 17.3 Å². The molecule has 4 nitrogen and oxygen atoms in total. The van der Waals surface area contributed by atoms with E-state index in [1.807, 2.05) is 12.1 Å². The molecule has 2 atom stereocenters. The number of carbonyl (C=O) groups is 1. The Morgan fingerprint density at radius 2 is 2.24 bits per heavy atom. The van der Waals surface area contributed by atoms with Gasteiger partial charge in [0.25, 0.3) is 0 Å². The maximum atomic E-state index is 11.6. The second kappa shape index (κ2) is 7.34. The fourth-order valence-electron chi connectivity index (χ4n) is 3.24. The molecule has 0 radical (unpaired) electrons. The van der Waals surface area contributed by atoms with Crippen molar-refractivity contribution in [3.8, 4) is 0 Å². The second-order valence-corrected chi connectivity index (χ2v) is 6.11. The Morgan fingerprint density at radius 1 is 1.43 bits per heavy atom. The van der Waals surface area contributed by atoms with Gasteiger partial charge in [0.2, 0.25) is 0 Å². The van der Waals surface area contributed by atoms with Gasteiger partial charge >= 0.3 is 5.97 Å². The molecule has 2 unspecified atom stereocenters. The normalized spacial score (nSPS) is 21.8. The van der Waals surface area contributed by atoms with Gasteiger partial charge in [-0.05, 0) is 36.8 Å². The minimum absolute atomic E-state index is 0.391. The number of rotatable bonds is 5. The number of hydrogen-bond acceptors (Lipinski definition) is 4. The van der Waals surface area contributed by atoms with Crippen molar-refractivity contribution in [2.75, 3.05) is 24.7 Å². The molecule has 1 saturated carbocycles. The van der Waals surface area contributed by atoms with Crippen molar-refractivity contribution in [3.63, 3.8) is 0 Å². The van der Waals surface area contributed by atoms with Gasteiger partial charge in [-0.1, -0.05) is 32.3 Å². The molecule has 4 heteroatoms. The topological polar surface area (TPSA) is 64.3 Å². The van der Waals surface area contributed by atoms with E-state index in [0.717, 1.165) is 30.5 Å². The van der Waals surface area contributed by atoms with Gasteiger partial charge in [-0.3, -0.25) is 0 Å². The van der Waals surface area contributed by atoms with Crippen LogP contribution in [-0.4, -0.2) is 19.6 Å². The molecule has 2 rings (SSSR count). The third-order valence-corrected chi connectivity index (χ3v) is 4.42. The summed E-state index contributed by atoms with van der Waals surface area (Å²) >= 11 is 0. The Bertz CT molecular complexity index is 488. The van der Waals surface area contributed by atoms with Gasteiger partial charge in [0.1, 0.15) is 0 Å². The fraction of sp³-hybridized carbons (Fsp3) is 0.588. The largest absolute Gasteiger partial charge is 0.465 e. The molecule has 1 aromatic carbocycles. The van der Waals surface area contributed by atoms with Crippen LogP contribution in [0.2, 0.25) is 0 Å². The number of methoxy groups -OCH3 is 1. The molecule has 21 heavy (non-hydrogen) atoms. The zero-order valence-corrected chi connectivity index (χ0v) is 13.0. The van der Waals surface area contributed by atoms with Crippen LogP contribution in [0.25, 0.3) is 0 Å². The lowest BCUT2D eigenvalue weighted by Crippen LogP contribution is -2.17. The first-order valence-electron chi connectivity index (χ1n) is 7.82. The lowest BCUT2D eigenvalue weighted by Gasteiger charge is -2.26. The van der Waals surface area contributed by atoms with E-state index in [1.54, 1.807) is 6.07 Å². The van der Waals surface area contributed by atoms with Gasteiger partial charge in [-0.2, -0.15) is 0 Å². The molecule has 0 amide bonds. The maximum absolute atomic E-state index is 11.6. The van der Waals surface area contributed by atoms with E-state index in [9.17, 15) is 4.79 Å². The summed E-state index contributed by atoms with van der Waals surface area (Å²) in [4.78, 5) is 11.6. The zero-order chi connectivity index (χ0) is 15.2. The smallest absolute Gasteiger partial charge is 0.340 e. The predicted molar refractivity (Wildman–Crippen MR) is 86.4 cm³/mol. The molecule has 3 N–H and O–H groups in total. The van der Waals surface area contributed by atoms with Crippen molar-refractivity contribution < 1.29 is 9.53 Å². The Hall–Kier alpha value is -1.71. The Labute approximate surface area is 127 Å². The average Bonchev–Trinajstić information content (AvgIpc) is 2.48. The molecule has 116 valence electrons. The van der Waals surface area contributed by atoms with Crippen molar-refractivity contribution in [1.82, 2.24) is 0 Å². The first kappa shape index (κ1) is 15.7. The number of anilines is 2. The highest BCUT2D eigenvalue weighted by Crippen LogP contribution is 2.31. The standard InChI is InChI=1S/C17H26N2O2/c1-12-5-3-6-13(11-12)9-10-19-15-8-4-7-14(16(15)18)17(20)21-2/h4,7-8,12-13,19H,3,5-6,9-11,18H2,1-2H3. The summed E-state index contributed by atoms with van der Waals surface area (Å²) in [7, 11) is 1.37. The van der Waals surface area contributed by atoms with Crippen LogP contribution < -0.4 is 11.1 Å². The quantitative estimate of drug-likeness (QED) is 0.641. The van der Waals surface area contributed by atoms with Crippen LogP contribution in [0.1, 0.15) is 49.4 Å². The van der Waals surface area contributed by atoms with Crippen LogP contribution in [0, 0.1) is 11.8 Å². The highest BCUT2D eigenvalue weighted by molar-refractivity contribution is 5.98. The van der Waals surface area contributed by atoms with Gasteiger partial charge < -0.3 is 15.8 Å². The minimum atomic E-state index is -0.391. The highest BCUT2D eigenvalue weighted by Gasteiger charge is 2.18. The second-order valence-electron chi connectivity index (χ2n) is 6.11. The molecule has 1 aliphatic rings. The van der Waals surface area contributed by atoms with E-state index >= 15 is 0 Å². The molecule has 0 spiro atoms. The van der Waals surface area contributed by atoms with E-state index in [4.69, 9.17) is 10.5 Å². The van der Waals surface area contributed by atoms with Crippen LogP contribution in [0.5, 0.6) is 0 Å². The van der Waals surface area contributed by atoms with Crippen molar-refractivity contribution in [2.45, 2.75) is 39.0 Å². The molecule has 1 fully saturated rings.